The van der Waals surface area contributed by atoms with Gasteiger partial charge in [-0.2, -0.15) is 0 Å². The summed E-state index contributed by atoms with van der Waals surface area (Å²) in [6.07, 6.45) is 0.408. The lowest BCUT2D eigenvalue weighted by atomic mass is 10.0. The highest BCUT2D eigenvalue weighted by atomic mass is 16.5. The molecule has 0 aromatic heterocycles. The summed E-state index contributed by atoms with van der Waals surface area (Å²) in [4.78, 5) is 2.38. The zero-order valence-electron chi connectivity index (χ0n) is 12.2. The highest BCUT2D eigenvalue weighted by Gasteiger charge is 2.27. The largest absolute Gasteiger partial charge is 0.388 e. The van der Waals surface area contributed by atoms with Gasteiger partial charge in [0.2, 0.25) is 0 Å². The highest BCUT2D eigenvalue weighted by Crippen LogP contribution is 2.20. The molecule has 0 bridgehead atoms. The van der Waals surface area contributed by atoms with E-state index in [1.54, 1.807) is 0 Å². The number of ether oxygens (including phenoxy) is 1. The van der Waals surface area contributed by atoms with Gasteiger partial charge in [0.25, 0.3) is 0 Å². The number of benzene rings is 1. The fourth-order valence-corrected chi connectivity index (χ4v) is 2.57. The normalized spacial score (nSPS) is 21.3. The fourth-order valence-electron chi connectivity index (χ4n) is 2.57. The number of hydrogen-bond acceptors (Lipinski definition) is 3. The van der Waals surface area contributed by atoms with E-state index in [-0.39, 0.29) is 11.7 Å². The Balaban J connectivity index is 1.83. The third-order valence-electron chi connectivity index (χ3n) is 3.69. The minimum Gasteiger partial charge on any atom is -0.388 e. The second kappa shape index (κ2) is 6.04. The van der Waals surface area contributed by atoms with E-state index in [1.807, 2.05) is 12.1 Å². The van der Waals surface area contributed by atoms with Gasteiger partial charge in [-0.3, -0.25) is 4.90 Å². The van der Waals surface area contributed by atoms with Crippen molar-refractivity contribution in [2.45, 2.75) is 38.9 Å². The summed E-state index contributed by atoms with van der Waals surface area (Å²) in [6.45, 7) is 9.91. The number of hydrogen-bond donors (Lipinski definition) is 1. The van der Waals surface area contributed by atoms with Crippen LogP contribution in [0.4, 0.5) is 0 Å². The van der Waals surface area contributed by atoms with Crippen LogP contribution in [-0.2, 0) is 4.74 Å². The van der Waals surface area contributed by atoms with Gasteiger partial charge in [-0.15, -0.1) is 0 Å². The number of nitrogens with zero attached hydrogens (tertiary/aromatic N) is 1. The highest BCUT2D eigenvalue weighted by molar-refractivity contribution is 5.23. The molecule has 1 fully saturated rings. The minimum atomic E-state index is -0.369. The number of rotatable bonds is 4. The molecule has 0 spiro atoms. The summed E-state index contributed by atoms with van der Waals surface area (Å²) in [5.74, 6) is 0. The molecule has 1 atom stereocenters. The van der Waals surface area contributed by atoms with Crippen molar-refractivity contribution in [1.29, 1.82) is 0 Å². The minimum absolute atomic E-state index is 0.0624. The van der Waals surface area contributed by atoms with Crippen LogP contribution in [0.3, 0.4) is 0 Å². The first kappa shape index (κ1) is 14.5. The Labute approximate surface area is 116 Å². The molecule has 0 radical (unpaired) electrons. The summed E-state index contributed by atoms with van der Waals surface area (Å²) >= 11 is 0. The molecule has 1 saturated heterocycles. The summed E-state index contributed by atoms with van der Waals surface area (Å²) in [6, 6.07) is 8.14. The van der Waals surface area contributed by atoms with Gasteiger partial charge in [-0.1, -0.05) is 29.8 Å². The van der Waals surface area contributed by atoms with Crippen molar-refractivity contribution in [3.63, 3.8) is 0 Å². The van der Waals surface area contributed by atoms with E-state index in [0.717, 1.165) is 38.2 Å². The maximum atomic E-state index is 10.2. The van der Waals surface area contributed by atoms with E-state index < -0.39 is 0 Å². The van der Waals surface area contributed by atoms with E-state index >= 15 is 0 Å². The second-order valence-electron chi connectivity index (χ2n) is 6.10. The topological polar surface area (TPSA) is 32.7 Å². The predicted molar refractivity (Wildman–Crippen MR) is 77.2 cm³/mol. The molecule has 1 N–H and O–H groups in total. The summed E-state index contributed by atoms with van der Waals surface area (Å²) < 4.78 is 5.70. The van der Waals surface area contributed by atoms with E-state index in [2.05, 4.69) is 37.8 Å². The lowest BCUT2D eigenvalue weighted by molar-refractivity contribution is -0.0878. The molecule has 2 rings (SSSR count). The molecule has 0 saturated carbocycles. The number of morpholine rings is 1. The summed E-state index contributed by atoms with van der Waals surface area (Å²) in [5.41, 5.74) is 2.18. The zero-order valence-corrected chi connectivity index (χ0v) is 12.2. The first-order chi connectivity index (χ1) is 8.96. The van der Waals surface area contributed by atoms with Crippen molar-refractivity contribution in [2.75, 3.05) is 26.2 Å². The molecule has 3 nitrogen and oxygen atoms in total. The van der Waals surface area contributed by atoms with E-state index in [4.69, 9.17) is 4.74 Å². The molecule has 1 aromatic carbocycles. The maximum absolute atomic E-state index is 10.2. The van der Waals surface area contributed by atoms with E-state index in [0.29, 0.717) is 0 Å². The molecule has 1 aliphatic rings. The number of aryl methyl sites for hydroxylation is 1. The first-order valence-electron chi connectivity index (χ1n) is 7.07. The standard InChI is InChI=1S/C16H25NO2/c1-13-4-6-14(7-5-13)15(18)8-9-17-10-11-19-16(2,3)12-17/h4-7,15,18H,8-12H2,1-3H3. The average molecular weight is 263 g/mol. The smallest absolute Gasteiger partial charge is 0.0802 e. The Kier molecular flexibility index (Phi) is 4.61. The SMILES string of the molecule is Cc1ccc(C(O)CCN2CCOC(C)(C)C2)cc1. The van der Waals surface area contributed by atoms with E-state index in [9.17, 15) is 5.11 Å². The fraction of sp³-hybridized carbons (Fsp3) is 0.625. The van der Waals surface area contributed by atoms with Crippen molar-refractivity contribution < 1.29 is 9.84 Å². The van der Waals surface area contributed by atoms with Crippen LogP contribution in [0.2, 0.25) is 0 Å². The third kappa shape index (κ3) is 4.30. The second-order valence-corrected chi connectivity index (χ2v) is 6.10. The molecule has 19 heavy (non-hydrogen) atoms. The number of aliphatic hydroxyl groups excluding tert-OH is 1. The van der Waals surface area contributed by atoms with Crippen LogP contribution in [0.5, 0.6) is 0 Å². The monoisotopic (exact) mass is 263 g/mol. The van der Waals surface area contributed by atoms with Crippen LogP contribution in [-0.4, -0.2) is 41.8 Å². The molecular formula is C16H25NO2. The Hall–Kier alpha value is -0.900. The van der Waals surface area contributed by atoms with Crippen molar-refractivity contribution in [1.82, 2.24) is 4.90 Å². The van der Waals surface area contributed by atoms with Crippen molar-refractivity contribution >= 4 is 0 Å². The predicted octanol–water partition coefficient (Wildman–Crippen LogP) is 2.53. The van der Waals surface area contributed by atoms with Crippen molar-refractivity contribution in [2.24, 2.45) is 0 Å². The van der Waals surface area contributed by atoms with Crippen LogP contribution in [0.25, 0.3) is 0 Å². The molecule has 3 heteroatoms. The van der Waals surface area contributed by atoms with Gasteiger partial charge in [0.05, 0.1) is 18.3 Å². The Morgan fingerprint density at radius 1 is 1.32 bits per heavy atom. The van der Waals surface area contributed by atoms with Gasteiger partial charge in [0.15, 0.2) is 0 Å². The van der Waals surface area contributed by atoms with Crippen LogP contribution in [0.15, 0.2) is 24.3 Å². The maximum Gasteiger partial charge on any atom is 0.0802 e. The molecule has 1 aromatic rings. The summed E-state index contributed by atoms with van der Waals surface area (Å²) in [5, 5.41) is 10.2. The van der Waals surface area contributed by atoms with E-state index in [1.165, 1.54) is 5.56 Å². The quantitative estimate of drug-likeness (QED) is 0.906. The molecule has 1 unspecified atom stereocenters. The van der Waals surface area contributed by atoms with Crippen LogP contribution >= 0.6 is 0 Å². The van der Waals surface area contributed by atoms with Crippen molar-refractivity contribution in [3.05, 3.63) is 35.4 Å². The van der Waals surface area contributed by atoms with Gasteiger partial charge in [-0.05, 0) is 32.8 Å². The molecule has 1 aliphatic heterocycles. The van der Waals surface area contributed by atoms with Gasteiger partial charge >= 0.3 is 0 Å². The van der Waals surface area contributed by atoms with Crippen LogP contribution in [0.1, 0.15) is 37.5 Å². The Bertz CT molecular complexity index is 400. The first-order valence-corrected chi connectivity index (χ1v) is 7.07. The molecule has 0 aliphatic carbocycles. The lowest BCUT2D eigenvalue weighted by Gasteiger charge is -2.38. The Morgan fingerprint density at radius 3 is 2.63 bits per heavy atom. The zero-order chi connectivity index (χ0) is 13.9. The van der Waals surface area contributed by atoms with Crippen LogP contribution in [0, 0.1) is 6.92 Å². The number of aliphatic hydroxyl groups is 1. The van der Waals surface area contributed by atoms with Gasteiger partial charge in [0, 0.05) is 19.6 Å². The lowest BCUT2D eigenvalue weighted by Crippen LogP contribution is -2.48. The van der Waals surface area contributed by atoms with Gasteiger partial charge < -0.3 is 9.84 Å². The van der Waals surface area contributed by atoms with Gasteiger partial charge in [0.1, 0.15) is 0 Å². The Morgan fingerprint density at radius 2 is 2.00 bits per heavy atom. The third-order valence-corrected chi connectivity index (χ3v) is 3.69. The molecule has 106 valence electrons. The van der Waals surface area contributed by atoms with Crippen LogP contribution < -0.4 is 0 Å². The van der Waals surface area contributed by atoms with Crippen molar-refractivity contribution in [3.8, 4) is 0 Å². The molecule has 1 heterocycles. The molecular weight excluding hydrogens is 238 g/mol. The van der Waals surface area contributed by atoms with Gasteiger partial charge in [-0.25, -0.2) is 0 Å². The summed E-state index contributed by atoms with van der Waals surface area (Å²) in [7, 11) is 0. The average Bonchev–Trinajstić information content (AvgIpc) is 2.36. The molecule has 0 amide bonds.